The molecule has 2 aromatic heterocycles. The molecular formula is C21H24N6O3. The topological polar surface area (TPSA) is 96.5 Å². The second-order valence-electron chi connectivity index (χ2n) is 7.41. The molecule has 9 heteroatoms. The van der Waals surface area contributed by atoms with Gasteiger partial charge in [0.2, 0.25) is 5.91 Å². The van der Waals surface area contributed by atoms with Crippen LogP contribution in [0.2, 0.25) is 0 Å². The van der Waals surface area contributed by atoms with E-state index in [0.717, 1.165) is 17.1 Å². The molecular weight excluding hydrogens is 384 g/mol. The van der Waals surface area contributed by atoms with Gasteiger partial charge in [0.1, 0.15) is 12.3 Å². The zero-order valence-electron chi connectivity index (χ0n) is 17.0. The molecule has 1 amide bonds. The van der Waals surface area contributed by atoms with E-state index in [1.54, 1.807) is 27.8 Å². The number of aromatic nitrogens is 4. The fourth-order valence-electron chi connectivity index (χ4n) is 3.63. The Morgan fingerprint density at radius 1 is 1.00 bits per heavy atom. The van der Waals surface area contributed by atoms with Crippen molar-refractivity contribution >= 4 is 11.6 Å². The predicted octanol–water partition coefficient (Wildman–Crippen LogP) is 1.10. The number of phenolic OH excluding ortho intramolecular Hbond substituents is 1. The molecule has 3 heterocycles. The van der Waals surface area contributed by atoms with Crippen LogP contribution in [0, 0.1) is 13.8 Å². The minimum Gasteiger partial charge on any atom is -0.508 e. The number of aromatic hydroxyl groups is 1. The number of phenols is 1. The molecule has 0 atom stereocenters. The number of carbonyl (C=O) groups is 1. The van der Waals surface area contributed by atoms with Gasteiger partial charge >= 0.3 is 0 Å². The summed E-state index contributed by atoms with van der Waals surface area (Å²) in [5, 5.41) is 18.2. The van der Waals surface area contributed by atoms with Gasteiger partial charge in [-0.1, -0.05) is 0 Å². The molecule has 3 aromatic rings. The number of amides is 1. The Morgan fingerprint density at radius 3 is 2.33 bits per heavy atom. The number of carbonyl (C=O) groups excluding carboxylic acids is 1. The maximum Gasteiger partial charge on any atom is 0.267 e. The molecule has 156 valence electrons. The summed E-state index contributed by atoms with van der Waals surface area (Å²) in [6.45, 7) is 6.19. The summed E-state index contributed by atoms with van der Waals surface area (Å²) in [5.74, 6) is 0.596. The van der Waals surface area contributed by atoms with Crippen molar-refractivity contribution in [1.29, 1.82) is 0 Å². The molecule has 4 rings (SSSR count). The van der Waals surface area contributed by atoms with Crippen LogP contribution in [-0.2, 0) is 11.3 Å². The highest BCUT2D eigenvalue weighted by Crippen LogP contribution is 2.20. The summed E-state index contributed by atoms with van der Waals surface area (Å²) >= 11 is 0. The van der Waals surface area contributed by atoms with Crippen LogP contribution in [0.15, 0.2) is 47.3 Å². The predicted molar refractivity (Wildman–Crippen MR) is 112 cm³/mol. The minimum absolute atomic E-state index is 0.106. The molecule has 1 fully saturated rings. The largest absolute Gasteiger partial charge is 0.508 e. The van der Waals surface area contributed by atoms with Crippen molar-refractivity contribution in [2.24, 2.45) is 0 Å². The summed E-state index contributed by atoms with van der Waals surface area (Å²) in [6.07, 6.45) is 0. The lowest BCUT2D eigenvalue weighted by molar-refractivity contribution is -0.132. The average molecular weight is 408 g/mol. The van der Waals surface area contributed by atoms with Gasteiger partial charge in [0.15, 0.2) is 5.82 Å². The van der Waals surface area contributed by atoms with E-state index in [1.165, 1.54) is 10.7 Å². The van der Waals surface area contributed by atoms with E-state index in [2.05, 4.69) is 15.1 Å². The lowest BCUT2D eigenvalue weighted by Gasteiger charge is -2.36. The van der Waals surface area contributed by atoms with Gasteiger partial charge < -0.3 is 14.9 Å². The van der Waals surface area contributed by atoms with Crippen LogP contribution in [-0.4, -0.2) is 61.7 Å². The first-order valence-electron chi connectivity index (χ1n) is 9.84. The molecule has 30 heavy (non-hydrogen) atoms. The Hall–Kier alpha value is -3.62. The van der Waals surface area contributed by atoms with Crippen LogP contribution in [0.25, 0.3) is 5.82 Å². The maximum atomic E-state index is 12.8. The highest BCUT2D eigenvalue weighted by atomic mass is 16.3. The Labute approximate surface area is 173 Å². The van der Waals surface area contributed by atoms with E-state index in [9.17, 15) is 14.7 Å². The number of hydrogen-bond acceptors (Lipinski definition) is 6. The number of benzene rings is 1. The smallest absolute Gasteiger partial charge is 0.267 e. The molecule has 0 aliphatic carbocycles. The molecule has 0 radical (unpaired) electrons. The second kappa shape index (κ2) is 8.02. The standard InChI is InChI=1S/C21H24N6O3/c1-15-13-16(2)27(22-15)19-7-8-20(29)26(23-19)14-21(30)25-11-9-24(10-12-25)17-3-5-18(28)6-4-17/h3-8,13,28H,9-12,14H2,1-2H3. The van der Waals surface area contributed by atoms with Gasteiger partial charge in [-0.2, -0.15) is 5.10 Å². The number of rotatable bonds is 4. The van der Waals surface area contributed by atoms with Crippen LogP contribution in [0.1, 0.15) is 11.4 Å². The van der Waals surface area contributed by atoms with Crippen LogP contribution in [0.3, 0.4) is 0 Å². The third-order valence-electron chi connectivity index (χ3n) is 5.21. The Morgan fingerprint density at radius 2 is 1.70 bits per heavy atom. The van der Waals surface area contributed by atoms with Gasteiger partial charge in [0, 0.05) is 43.6 Å². The van der Waals surface area contributed by atoms with Gasteiger partial charge in [-0.25, -0.2) is 9.36 Å². The molecule has 0 saturated carbocycles. The first-order chi connectivity index (χ1) is 14.4. The zero-order chi connectivity index (χ0) is 21.3. The molecule has 1 aliphatic heterocycles. The van der Waals surface area contributed by atoms with Crippen LogP contribution in [0.4, 0.5) is 5.69 Å². The SMILES string of the molecule is Cc1cc(C)n(-c2ccc(=O)n(CC(=O)N3CCN(c4ccc(O)cc4)CC3)n2)n1. The Balaban J connectivity index is 1.43. The number of hydrogen-bond donors (Lipinski definition) is 1. The van der Waals surface area contributed by atoms with Crippen LogP contribution < -0.4 is 10.5 Å². The fraction of sp³-hybridized carbons (Fsp3) is 0.333. The van der Waals surface area contributed by atoms with E-state index >= 15 is 0 Å². The number of anilines is 1. The first-order valence-corrected chi connectivity index (χ1v) is 9.84. The molecule has 1 N–H and O–H groups in total. The monoisotopic (exact) mass is 408 g/mol. The van der Waals surface area contributed by atoms with Crippen molar-refractivity contribution in [3.63, 3.8) is 0 Å². The summed E-state index contributed by atoms with van der Waals surface area (Å²) in [6, 6.07) is 12.0. The maximum absolute atomic E-state index is 12.8. The van der Waals surface area contributed by atoms with Crippen molar-refractivity contribution in [1.82, 2.24) is 24.5 Å². The highest BCUT2D eigenvalue weighted by Gasteiger charge is 2.22. The highest BCUT2D eigenvalue weighted by molar-refractivity contribution is 5.76. The third-order valence-corrected chi connectivity index (χ3v) is 5.21. The quantitative estimate of drug-likeness (QED) is 0.695. The molecule has 1 saturated heterocycles. The van der Waals surface area contributed by atoms with E-state index < -0.39 is 0 Å². The molecule has 0 bridgehead atoms. The van der Waals surface area contributed by atoms with E-state index in [0.29, 0.717) is 32.0 Å². The van der Waals surface area contributed by atoms with E-state index in [-0.39, 0.29) is 23.8 Å². The molecule has 1 aromatic carbocycles. The van der Waals surface area contributed by atoms with Gasteiger partial charge in [0.05, 0.1) is 5.69 Å². The van der Waals surface area contributed by atoms with Gasteiger partial charge in [-0.05, 0) is 50.2 Å². The summed E-state index contributed by atoms with van der Waals surface area (Å²) in [5.41, 5.74) is 2.45. The van der Waals surface area contributed by atoms with Crippen LogP contribution >= 0.6 is 0 Å². The van der Waals surface area contributed by atoms with Gasteiger partial charge in [-0.3, -0.25) is 9.59 Å². The van der Waals surface area contributed by atoms with Gasteiger partial charge in [-0.15, -0.1) is 5.10 Å². The fourth-order valence-corrected chi connectivity index (χ4v) is 3.63. The lowest BCUT2D eigenvalue weighted by atomic mass is 10.2. The number of piperazine rings is 1. The normalized spacial score (nSPS) is 14.2. The Bertz CT molecular complexity index is 1110. The summed E-state index contributed by atoms with van der Waals surface area (Å²) in [7, 11) is 0. The molecule has 1 aliphatic rings. The molecule has 0 unspecified atom stereocenters. The average Bonchev–Trinajstić information content (AvgIpc) is 3.08. The van der Waals surface area contributed by atoms with Crippen molar-refractivity contribution in [2.75, 3.05) is 31.1 Å². The molecule has 0 spiro atoms. The molecule has 9 nitrogen and oxygen atoms in total. The number of aryl methyl sites for hydroxylation is 2. The van der Waals surface area contributed by atoms with Crippen molar-refractivity contribution in [3.8, 4) is 11.6 Å². The van der Waals surface area contributed by atoms with Crippen LogP contribution in [0.5, 0.6) is 5.75 Å². The van der Waals surface area contributed by atoms with E-state index in [1.807, 2.05) is 32.0 Å². The lowest BCUT2D eigenvalue weighted by Crippen LogP contribution is -2.50. The van der Waals surface area contributed by atoms with Crippen molar-refractivity contribution in [3.05, 3.63) is 64.2 Å². The van der Waals surface area contributed by atoms with E-state index in [4.69, 9.17) is 0 Å². The van der Waals surface area contributed by atoms with Crippen molar-refractivity contribution in [2.45, 2.75) is 20.4 Å². The summed E-state index contributed by atoms with van der Waals surface area (Å²) in [4.78, 5) is 28.9. The minimum atomic E-state index is -0.323. The second-order valence-corrected chi connectivity index (χ2v) is 7.41. The summed E-state index contributed by atoms with van der Waals surface area (Å²) < 4.78 is 2.85. The number of nitrogens with zero attached hydrogens (tertiary/aromatic N) is 6. The van der Waals surface area contributed by atoms with Gasteiger partial charge in [0.25, 0.3) is 5.56 Å². The first kappa shape index (κ1) is 19.7. The third kappa shape index (κ3) is 4.05. The Kier molecular flexibility index (Phi) is 5.26. The zero-order valence-corrected chi connectivity index (χ0v) is 17.0. The van der Waals surface area contributed by atoms with Crippen molar-refractivity contribution < 1.29 is 9.90 Å².